The number of aromatic nitrogens is 2. The Bertz CT molecular complexity index is 986. The summed E-state index contributed by atoms with van der Waals surface area (Å²) in [7, 11) is 0. The highest BCUT2D eigenvalue weighted by Gasteiger charge is 2.27. The fourth-order valence-electron chi connectivity index (χ4n) is 3.55. The molecule has 1 atom stereocenters. The van der Waals surface area contributed by atoms with Crippen LogP contribution < -0.4 is 5.32 Å². The summed E-state index contributed by atoms with van der Waals surface area (Å²) in [4.78, 5) is 19.2. The Balaban J connectivity index is 1.36. The molecule has 4 rings (SSSR count). The second-order valence-corrected chi connectivity index (χ2v) is 7.45. The highest BCUT2D eigenvalue weighted by atomic mass is 19.1. The van der Waals surface area contributed by atoms with E-state index in [1.807, 2.05) is 31.2 Å². The number of nitrogens with one attached hydrogen (secondary N) is 1. The number of carbonyl (C=O) groups excluding carboxylic acids is 1. The summed E-state index contributed by atoms with van der Waals surface area (Å²) >= 11 is 0. The first kappa shape index (κ1) is 19.3. The number of anilines is 1. The van der Waals surface area contributed by atoms with Crippen molar-refractivity contribution >= 4 is 11.6 Å². The highest BCUT2D eigenvalue weighted by molar-refractivity contribution is 5.92. The van der Waals surface area contributed by atoms with E-state index in [4.69, 9.17) is 4.52 Å². The molecule has 1 aliphatic rings. The number of halogens is 1. The normalized spacial score (nSPS) is 17.2. The first-order valence-corrected chi connectivity index (χ1v) is 9.75. The molecule has 0 saturated carbocycles. The van der Waals surface area contributed by atoms with Crippen molar-refractivity contribution in [3.8, 4) is 11.4 Å². The van der Waals surface area contributed by atoms with E-state index in [0.717, 1.165) is 24.9 Å². The lowest BCUT2D eigenvalue weighted by atomic mass is 9.97. The maximum atomic E-state index is 13.3. The van der Waals surface area contributed by atoms with Gasteiger partial charge < -0.3 is 9.84 Å². The zero-order valence-corrected chi connectivity index (χ0v) is 16.3. The lowest BCUT2D eigenvalue weighted by Gasteiger charge is -2.30. The second kappa shape index (κ2) is 8.53. The molecule has 0 radical (unpaired) electrons. The average molecular weight is 394 g/mol. The molecule has 1 aliphatic heterocycles. The molecule has 1 fully saturated rings. The fourth-order valence-corrected chi connectivity index (χ4v) is 3.55. The maximum Gasteiger partial charge on any atom is 0.241 e. The Morgan fingerprint density at radius 1 is 1.28 bits per heavy atom. The summed E-state index contributed by atoms with van der Waals surface area (Å²) in [6.07, 6.45) is 1.70. The molecule has 0 aliphatic carbocycles. The fraction of sp³-hybridized carbons (Fsp3) is 0.318. The van der Waals surface area contributed by atoms with Gasteiger partial charge in [0.1, 0.15) is 5.82 Å². The number of carbonyl (C=O) groups is 1. The zero-order chi connectivity index (χ0) is 20.2. The van der Waals surface area contributed by atoms with Gasteiger partial charge in [0.05, 0.1) is 12.5 Å². The minimum atomic E-state index is -0.367. The third-order valence-corrected chi connectivity index (χ3v) is 5.11. The van der Waals surface area contributed by atoms with E-state index >= 15 is 0 Å². The smallest absolute Gasteiger partial charge is 0.241 e. The van der Waals surface area contributed by atoms with Crippen molar-refractivity contribution in [2.45, 2.75) is 26.3 Å². The average Bonchev–Trinajstić information content (AvgIpc) is 3.17. The third kappa shape index (κ3) is 4.86. The number of hydrogen-bond donors (Lipinski definition) is 1. The molecule has 1 aromatic heterocycles. The van der Waals surface area contributed by atoms with Crippen molar-refractivity contribution in [3.05, 3.63) is 65.8 Å². The van der Waals surface area contributed by atoms with E-state index < -0.39 is 0 Å². The van der Waals surface area contributed by atoms with Gasteiger partial charge in [-0.1, -0.05) is 41.1 Å². The predicted molar refractivity (Wildman–Crippen MR) is 108 cm³/mol. The summed E-state index contributed by atoms with van der Waals surface area (Å²) in [5.74, 6) is 0.482. The van der Waals surface area contributed by atoms with E-state index in [-0.39, 0.29) is 17.6 Å². The van der Waals surface area contributed by atoms with Crippen molar-refractivity contribution < 1.29 is 13.7 Å². The molecule has 7 heteroatoms. The van der Waals surface area contributed by atoms with Gasteiger partial charge in [-0.2, -0.15) is 4.98 Å². The van der Waals surface area contributed by atoms with E-state index in [0.29, 0.717) is 30.5 Å². The van der Waals surface area contributed by atoms with E-state index in [2.05, 4.69) is 20.4 Å². The first-order valence-electron chi connectivity index (χ1n) is 9.75. The van der Waals surface area contributed by atoms with Gasteiger partial charge in [0.15, 0.2) is 0 Å². The number of rotatable bonds is 5. The van der Waals surface area contributed by atoms with Gasteiger partial charge in [0.25, 0.3) is 0 Å². The highest BCUT2D eigenvalue weighted by Crippen LogP contribution is 2.22. The SMILES string of the molecule is Cc1ccc(-c2noc(CN3CCCC(C(=O)Nc4cccc(F)c4)C3)n2)cc1. The monoisotopic (exact) mass is 394 g/mol. The van der Waals surface area contributed by atoms with Crippen molar-refractivity contribution in [2.75, 3.05) is 18.4 Å². The van der Waals surface area contributed by atoms with E-state index in [9.17, 15) is 9.18 Å². The molecule has 2 heterocycles. The largest absolute Gasteiger partial charge is 0.338 e. The maximum absolute atomic E-state index is 13.3. The quantitative estimate of drug-likeness (QED) is 0.707. The lowest BCUT2D eigenvalue weighted by Crippen LogP contribution is -2.40. The van der Waals surface area contributed by atoms with Crippen LogP contribution in [0.2, 0.25) is 0 Å². The van der Waals surface area contributed by atoms with Crippen molar-refractivity contribution in [2.24, 2.45) is 5.92 Å². The minimum Gasteiger partial charge on any atom is -0.338 e. The molecule has 1 amide bonds. The Kier molecular flexibility index (Phi) is 5.67. The molecule has 1 unspecified atom stereocenters. The Hall–Kier alpha value is -3.06. The molecule has 0 bridgehead atoms. The number of likely N-dealkylation sites (tertiary alicyclic amines) is 1. The number of amides is 1. The molecule has 0 spiro atoms. The van der Waals surface area contributed by atoms with E-state index in [1.165, 1.54) is 17.7 Å². The number of nitrogens with zero attached hydrogens (tertiary/aromatic N) is 3. The van der Waals surface area contributed by atoms with Gasteiger partial charge in [-0.25, -0.2) is 4.39 Å². The number of hydrogen-bond acceptors (Lipinski definition) is 5. The number of piperidine rings is 1. The molecule has 3 aromatic rings. The predicted octanol–water partition coefficient (Wildman–Crippen LogP) is 4.03. The molecule has 1 saturated heterocycles. The number of benzene rings is 2. The lowest BCUT2D eigenvalue weighted by molar-refractivity contribution is -0.121. The van der Waals surface area contributed by atoms with Crippen LogP contribution in [0.1, 0.15) is 24.3 Å². The summed E-state index contributed by atoms with van der Waals surface area (Å²) in [5, 5.41) is 6.88. The van der Waals surface area contributed by atoms with Crippen LogP contribution in [0.15, 0.2) is 53.1 Å². The molecular formula is C22H23FN4O2. The number of aryl methyl sites for hydroxylation is 1. The van der Waals surface area contributed by atoms with Crippen LogP contribution in [0, 0.1) is 18.7 Å². The molecule has 150 valence electrons. The van der Waals surface area contributed by atoms with Gasteiger partial charge >= 0.3 is 0 Å². The summed E-state index contributed by atoms with van der Waals surface area (Å²) in [6.45, 7) is 4.00. The molecular weight excluding hydrogens is 371 g/mol. The summed E-state index contributed by atoms with van der Waals surface area (Å²) in [5.41, 5.74) is 2.57. The van der Waals surface area contributed by atoms with Gasteiger partial charge in [-0.15, -0.1) is 0 Å². The summed E-state index contributed by atoms with van der Waals surface area (Å²) < 4.78 is 18.7. The summed E-state index contributed by atoms with van der Waals surface area (Å²) in [6, 6.07) is 13.9. The first-order chi connectivity index (χ1) is 14.1. The molecule has 2 aromatic carbocycles. The zero-order valence-electron chi connectivity index (χ0n) is 16.3. The standard InChI is InChI=1S/C22H23FN4O2/c1-15-7-9-16(10-8-15)21-25-20(29-26-21)14-27-11-3-4-17(13-27)22(28)24-19-6-2-5-18(23)12-19/h2,5-10,12,17H,3-4,11,13-14H2,1H3,(H,24,28). The molecule has 29 heavy (non-hydrogen) atoms. The molecule has 6 nitrogen and oxygen atoms in total. The topological polar surface area (TPSA) is 71.3 Å². The van der Waals surface area contributed by atoms with Crippen LogP contribution in [0.5, 0.6) is 0 Å². The third-order valence-electron chi connectivity index (χ3n) is 5.11. The van der Waals surface area contributed by atoms with Crippen LogP contribution in [0.25, 0.3) is 11.4 Å². The van der Waals surface area contributed by atoms with Crippen molar-refractivity contribution in [1.29, 1.82) is 0 Å². The Labute approximate surface area is 168 Å². The van der Waals surface area contributed by atoms with Crippen molar-refractivity contribution in [1.82, 2.24) is 15.0 Å². The second-order valence-electron chi connectivity index (χ2n) is 7.45. The van der Waals surface area contributed by atoms with Crippen molar-refractivity contribution in [3.63, 3.8) is 0 Å². The van der Waals surface area contributed by atoms with E-state index in [1.54, 1.807) is 12.1 Å². The van der Waals surface area contributed by atoms with Crippen LogP contribution in [-0.4, -0.2) is 34.0 Å². The van der Waals surface area contributed by atoms with Crippen LogP contribution in [-0.2, 0) is 11.3 Å². The van der Waals surface area contributed by atoms with Crippen LogP contribution >= 0.6 is 0 Å². The van der Waals surface area contributed by atoms with Gasteiger partial charge in [-0.3, -0.25) is 9.69 Å². The Morgan fingerprint density at radius 2 is 2.10 bits per heavy atom. The van der Waals surface area contributed by atoms with Gasteiger partial charge in [-0.05, 0) is 44.5 Å². The van der Waals surface area contributed by atoms with Crippen LogP contribution in [0.3, 0.4) is 0 Å². The Morgan fingerprint density at radius 3 is 2.90 bits per heavy atom. The van der Waals surface area contributed by atoms with Gasteiger partial charge in [0, 0.05) is 17.8 Å². The minimum absolute atomic E-state index is 0.0915. The van der Waals surface area contributed by atoms with Crippen LogP contribution in [0.4, 0.5) is 10.1 Å². The van der Waals surface area contributed by atoms with Gasteiger partial charge in [0.2, 0.25) is 17.6 Å². The molecule has 1 N–H and O–H groups in total.